The Hall–Kier alpha value is -4.29. The van der Waals surface area contributed by atoms with Crippen molar-refractivity contribution in [2.24, 2.45) is 0 Å². The lowest BCUT2D eigenvalue weighted by Crippen LogP contribution is -2.42. The molecule has 0 saturated carbocycles. The molecule has 0 bridgehead atoms. The van der Waals surface area contributed by atoms with E-state index >= 15 is 0 Å². The van der Waals surface area contributed by atoms with Crippen LogP contribution in [-0.4, -0.2) is 55.5 Å². The van der Waals surface area contributed by atoms with Crippen molar-refractivity contribution in [2.75, 3.05) is 18.6 Å². The predicted molar refractivity (Wildman–Crippen MR) is 124 cm³/mol. The maximum Gasteiger partial charge on any atom is 0.406 e. The largest absolute Gasteiger partial charge is 0.494 e. The van der Waals surface area contributed by atoms with Crippen LogP contribution in [-0.2, 0) is 11.2 Å². The van der Waals surface area contributed by atoms with E-state index in [0.29, 0.717) is 33.4 Å². The molecule has 0 radical (unpaired) electrons. The maximum atomic E-state index is 14.5. The quantitative estimate of drug-likeness (QED) is 0.373. The van der Waals surface area contributed by atoms with Gasteiger partial charge in [-0.05, 0) is 44.0 Å². The lowest BCUT2D eigenvalue weighted by molar-refractivity contribution is -0.134. The van der Waals surface area contributed by atoms with Crippen LogP contribution in [0.2, 0.25) is 0 Å². The summed E-state index contributed by atoms with van der Waals surface area (Å²) in [6.45, 7) is 0.216. The molecule has 0 unspecified atom stereocenters. The van der Waals surface area contributed by atoms with Crippen LogP contribution < -0.4 is 9.64 Å². The van der Waals surface area contributed by atoms with Crippen LogP contribution in [0.25, 0.3) is 16.9 Å². The Bertz CT molecular complexity index is 1460. The first kappa shape index (κ1) is 24.4. The first-order chi connectivity index (χ1) is 17.6. The number of halogens is 4. The summed E-state index contributed by atoms with van der Waals surface area (Å²) < 4.78 is 62.9. The molecule has 13 heteroatoms. The monoisotopic (exact) mass is 515 g/mol. The molecule has 3 heterocycles. The molecule has 4 aromatic rings. The first-order valence-corrected chi connectivity index (χ1v) is 11.3. The zero-order valence-corrected chi connectivity index (χ0v) is 19.8. The highest BCUT2D eigenvalue weighted by molar-refractivity contribution is 5.97. The molecule has 9 nitrogen and oxygen atoms in total. The van der Waals surface area contributed by atoms with Gasteiger partial charge in [-0.3, -0.25) is 4.79 Å². The van der Waals surface area contributed by atoms with E-state index in [4.69, 9.17) is 4.74 Å². The lowest BCUT2D eigenvalue weighted by atomic mass is 10.1. The molecule has 0 N–H and O–H groups in total. The molecule has 1 amide bonds. The number of aryl methyl sites for hydroxylation is 1. The van der Waals surface area contributed by atoms with Crippen LogP contribution in [0.1, 0.15) is 23.9 Å². The van der Waals surface area contributed by atoms with Crippen LogP contribution >= 0.6 is 0 Å². The molecule has 1 aliphatic rings. The number of nitrogens with zero attached hydrogens (tertiary/aromatic N) is 7. The van der Waals surface area contributed by atoms with E-state index in [-0.39, 0.29) is 24.1 Å². The molecule has 192 valence electrons. The Morgan fingerprint density at radius 1 is 1.16 bits per heavy atom. The summed E-state index contributed by atoms with van der Waals surface area (Å²) in [4.78, 5) is 18.0. The smallest absolute Gasteiger partial charge is 0.406 e. The number of ether oxygens (including phenoxy) is 1. The van der Waals surface area contributed by atoms with Gasteiger partial charge in [0.1, 0.15) is 47.7 Å². The Kier molecular flexibility index (Phi) is 6.13. The molecule has 1 aliphatic heterocycles. The summed E-state index contributed by atoms with van der Waals surface area (Å²) in [6, 6.07) is 7.88. The molecule has 5 rings (SSSR count). The fourth-order valence-electron chi connectivity index (χ4n) is 4.39. The summed E-state index contributed by atoms with van der Waals surface area (Å²) in [5.74, 6) is -0.437. The fraction of sp³-hybridized carbons (Fsp3) is 0.292. The standard InChI is InChI=1S/C24H21F4N7O2/c1-14-29-13-35(31-14)20-8-6-15(10-22(20)37-2)18-11-34(32-30-18)21-9-7-16-17(25)4-3-5-19(16)33(23(21)36)12-24(26,27)28/h3-6,8,10-11,13,21H,7,9,12H2,1-2H3/t21-/m1/s1. The van der Waals surface area contributed by atoms with Gasteiger partial charge < -0.3 is 9.64 Å². The minimum Gasteiger partial charge on any atom is -0.494 e. The number of methoxy groups -OCH3 is 1. The predicted octanol–water partition coefficient (Wildman–Crippen LogP) is 4.06. The van der Waals surface area contributed by atoms with E-state index < -0.39 is 30.5 Å². The highest BCUT2D eigenvalue weighted by atomic mass is 19.4. The number of anilines is 1. The van der Waals surface area contributed by atoms with E-state index in [1.54, 1.807) is 36.1 Å². The van der Waals surface area contributed by atoms with Crippen molar-refractivity contribution >= 4 is 11.6 Å². The minimum atomic E-state index is -4.68. The number of hydrogen-bond donors (Lipinski definition) is 0. The Balaban J connectivity index is 1.48. The number of benzene rings is 2. The average molecular weight is 515 g/mol. The molecule has 0 aliphatic carbocycles. The van der Waals surface area contributed by atoms with Crippen LogP contribution in [0, 0.1) is 12.7 Å². The minimum absolute atomic E-state index is 0.0534. The van der Waals surface area contributed by atoms with Gasteiger partial charge in [-0.2, -0.15) is 18.3 Å². The number of hydrogen-bond acceptors (Lipinski definition) is 6. The summed E-state index contributed by atoms with van der Waals surface area (Å²) in [6.07, 6.45) is -1.54. The Labute approximate surface area is 208 Å². The highest BCUT2D eigenvalue weighted by Gasteiger charge is 2.40. The molecule has 0 fully saturated rings. The van der Waals surface area contributed by atoms with Gasteiger partial charge in [0.05, 0.1) is 19.0 Å². The molecule has 2 aromatic heterocycles. The number of fused-ring (bicyclic) bond motifs is 1. The molecular formula is C24H21F4N7O2. The highest BCUT2D eigenvalue weighted by Crippen LogP contribution is 2.35. The van der Waals surface area contributed by atoms with Crippen LogP contribution in [0.15, 0.2) is 48.9 Å². The first-order valence-electron chi connectivity index (χ1n) is 11.3. The van der Waals surface area contributed by atoms with E-state index in [2.05, 4.69) is 20.4 Å². The molecule has 0 saturated heterocycles. The van der Waals surface area contributed by atoms with Crippen LogP contribution in [0.4, 0.5) is 23.2 Å². The van der Waals surface area contributed by atoms with E-state index in [9.17, 15) is 22.4 Å². The third-order valence-electron chi connectivity index (χ3n) is 6.10. The number of rotatable bonds is 5. The molecule has 0 spiro atoms. The van der Waals surface area contributed by atoms with Gasteiger partial charge in [0, 0.05) is 11.1 Å². The van der Waals surface area contributed by atoms with Gasteiger partial charge in [-0.15, -0.1) is 5.10 Å². The SMILES string of the molecule is COc1cc(-c2cn([C@@H]3CCc4c(F)cccc4N(CC(F)(F)F)C3=O)nn2)ccc1-n1cnc(C)n1. The van der Waals surface area contributed by atoms with E-state index in [1.165, 1.54) is 36.2 Å². The molecular weight excluding hydrogens is 494 g/mol. The van der Waals surface area contributed by atoms with Crippen molar-refractivity contribution in [3.8, 4) is 22.7 Å². The number of alkyl halides is 3. The zero-order chi connectivity index (χ0) is 26.3. The second kappa shape index (κ2) is 9.30. The van der Waals surface area contributed by atoms with Crippen molar-refractivity contribution in [1.82, 2.24) is 29.8 Å². The van der Waals surface area contributed by atoms with Crippen molar-refractivity contribution in [3.63, 3.8) is 0 Å². The Morgan fingerprint density at radius 3 is 2.68 bits per heavy atom. The van der Waals surface area contributed by atoms with E-state index in [1.807, 2.05) is 0 Å². The third-order valence-corrected chi connectivity index (χ3v) is 6.10. The van der Waals surface area contributed by atoms with Crippen molar-refractivity contribution < 1.29 is 27.1 Å². The van der Waals surface area contributed by atoms with Gasteiger partial charge in [-0.1, -0.05) is 17.3 Å². The molecule has 37 heavy (non-hydrogen) atoms. The maximum absolute atomic E-state index is 14.5. The number of amides is 1. The normalized spacial score (nSPS) is 16.0. The second-order valence-electron chi connectivity index (χ2n) is 8.54. The zero-order valence-electron chi connectivity index (χ0n) is 19.8. The topological polar surface area (TPSA) is 91.0 Å². The van der Waals surface area contributed by atoms with Crippen molar-refractivity contribution in [1.29, 1.82) is 0 Å². The average Bonchev–Trinajstić information content (AvgIpc) is 3.49. The van der Waals surface area contributed by atoms with Crippen LogP contribution in [0.5, 0.6) is 5.75 Å². The van der Waals surface area contributed by atoms with Gasteiger partial charge in [-0.25, -0.2) is 18.7 Å². The number of carbonyl (C=O) groups is 1. The van der Waals surface area contributed by atoms with Gasteiger partial charge in [0.2, 0.25) is 0 Å². The van der Waals surface area contributed by atoms with Crippen molar-refractivity contribution in [3.05, 3.63) is 66.1 Å². The van der Waals surface area contributed by atoms with Crippen LogP contribution in [0.3, 0.4) is 0 Å². The summed E-state index contributed by atoms with van der Waals surface area (Å²) >= 11 is 0. The van der Waals surface area contributed by atoms with Crippen molar-refractivity contribution in [2.45, 2.75) is 32.0 Å². The fourth-order valence-corrected chi connectivity index (χ4v) is 4.39. The second-order valence-corrected chi connectivity index (χ2v) is 8.54. The number of aromatic nitrogens is 6. The van der Waals surface area contributed by atoms with Gasteiger partial charge >= 0.3 is 6.18 Å². The molecule has 1 atom stereocenters. The lowest BCUT2D eigenvalue weighted by Gasteiger charge is -2.26. The Morgan fingerprint density at radius 2 is 1.97 bits per heavy atom. The summed E-state index contributed by atoms with van der Waals surface area (Å²) in [7, 11) is 1.50. The third kappa shape index (κ3) is 4.76. The number of carbonyl (C=O) groups excluding carboxylic acids is 1. The van der Waals surface area contributed by atoms with Gasteiger partial charge in [0.15, 0.2) is 0 Å². The van der Waals surface area contributed by atoms with Gasteiger partial charge in [0.25, 0.3) is 5.91 Å². The summed E-state index contributed by atoms with van der Waals surface area (Å²) in [5, 5.41) is 12.4. The van der Waals surface area contributed by atoms with E-state index in [0.717, 1.165) is 0 Å². The summed E-state index contributed by atoms with van der Waals surface area (Å²) in [5.41, 5.74) is 1.59. The molecule has 2 aromatic carbocycles.